The fourth-order valence-corrected chi connectivity index (χ4v) is 1.35. The van der Waals surface area contributed by atoms with Gasteiger partial charge in [0.15, 0.2) is 0 Å². The van der Waals surface area contributed by atoms with Gasteiger partial charge < -0.3 is 10.4 Å². The maximum absolute atomic E-state index is 11.3. The SMILES string of the molecule is CC(C)Cn1cc(NC(=O)CCC(=O)O)cn1. The Hall–Kier alpha value is -1.85. The molecule has 0 fully saturated rings. The minimum atomic E-state index is -0.976. The Balaban J connectivity index is 2.43. The molecule has 6 nitrogen and oxygen atoms in total. The second-order valence-corrected chi connectivity index (χ2v) is 4.29. The first-order valence-electron chi connectivity index (χ1n) is 5.51. The van der Waals surface area contributed by atoms with E-state index in [0.717, 1.165) is 6.54 Å². The van der Waals surface area contributed by atoms with Crippen molar-refractivity contribution in [3.8, 4) is 0 Å². The predicted molar refractivity (Wildman–Crippen MR) is 62.6 cm³/mol. The molecule has 0 atom stereocenters. The molecule has 0 aliphatic heterocycles. The zero-order chi connectivity index (χ0) is 12.8. The fraction of sp³-hybridized carbons (Fsp3) is 0.545. The first kappa shape index (κ1) is 13.2. The summed E-state index contributed by atoms with van der Waals surface area (Å²) in [6, 6.07) is 0. The Bertz CT molecular complexity index is 398. The third kappa shape index (κ3) is 5.14. The van der Waals surface area contributed by atoms with E-state index in [2.05, 4.69) is 24.3 Å². The molecule has 0 saturated carbocycles. The molecule has 6 heteroatoms. The van der Waals surface area contributed by atoms with Crippen LogP contribution in [0.3, 0.4) is 0 Å². The molecule has 0 spiro atoms. The normalized spacial score (nSPS) is 10.5. The quantitative estimate of drug-likeness (QED) is 0.784. The summed E-state index contributed by atoms with van der Waals surface area (Å²) in [5.41, 5.74) is 0.598. The number of anilines is 1. The lowest BCUT2D eigenvalue weighted by Gasteiger charge is -2.03. The third-order valence-electron chi connectivity index (χ3n) is 2.04. The van der Waals surface area contributed by atoms with Crippen molar-refractivity contribution in [3.05, 3.63) is 12.4 Å². The highest BCUT2D eigenvalue weighted by Crippen LogP contribution is 2.07. The molecule has 0 aliphatic carbocycles. The molecule has 0 saturated heterocycles. The van der Waals surface area contributed by atoms with E-state index < -0.39 is 5.97 Å². The maximum atomic E-state index is 11.3. The lowest BCUT2D eigenvalue weighted by Crippen LogP contribution is -2.12. The highest BCUT2D eigenvalue weighted by Gasteiger charge is 2.07. The van der Waals surface area contributed by atoms with Gasteiger partial charge >= 0.3 is 5.97 Å². The van der Waals surface area contributed by atoms with Gasteiger partial charge in [-0.3, -0.25) is 14.3 Å². The molecule has 94 valence electrons. The van der Waals surface area contributed by atoms with Crippen LogP contribution in [0.4, 0.5) is 5.69 Å². The first-order chi connectivity index (χ1) is 7.97. The van der Waals surface area contributed by atoms with Gasteiger partial charge in [-0.05, 0) is 5.92 Å². The highest BCUT2D eigenvalue weighted by molar-refractivity contribution is 5.92. The van der Waals surface area contributed by atoms with E-state index in [0.29, 0.717) is 11.6 Å². The Morgan fingerprint density at radius 3 is 2.76 bits per heavy atom. The van der Waals surface area contributed by atoms with Gasteiger partial charge in [-0.25, -0.2) is 0 Å². The van der Waals surface area contributed by atoms with Gasteiger partial charge in [0.1, 0.15) is 0 Å². The summed E-state index contributed by atoms with van der Waals surface area (Å²) >= 11 is 0. The molecule has 17 heavy (non-hydrogen) atoms. The molecule has 0 aliphatic rings. The predicted octanol–water partition coefficient (Wildman–Crippen LogP) is 1.34. The summed E-state index contributed by atoms with van der Waals surface area (Å²) in [7, 11) is 0. The number of rotatable bonds is 6. The zero-order valence-electron chi connectivity index (χ0n) is 10.0. The van der Waals surface area contributed by atoms with Crippen LogP contribution in [0.15, 0.2) is 12.4 Å². The van der Waals surface area contributed by atoms with E-state index in [-0.39, 0.29) is 18.7 Å². The summed E-state index contributed by atoms with van der Waals surface area (Å²) in [5.74, 6) is -0.808. The van der Waals surface area contributed by atoms with E-state index >= 15 is 0 Å². The topological polar surface area (TPSA) is 84.2 Å². The van der Waals surface area contributed by atoms with Crippen LogP contribution in [0.1, 0.15) is 26.7 Å². The van der Waals surface area contributed by atoms with Crippen LogP contribution in [-0.4, -0.2) is 26.8 Å². The van der Waals surface area contributed by atoms with Crippen molar-refractivity contribution in [2.24, 2.45) is 5.92 Å². The summed E-state index contributed by atoms with van der Waals surface area (Å²) in [6.07, 6.45) is 3.11. The van der Waals surface area contributed by atoms with Crippen molar-refractivity contribution in [1.29, 1.82) is 0 Å². The van der Waals surface area contributed by atoms with Crippen LogP contribution >= 0.6 is 0 Å². The number of nitrogens with zero attached hydrogens (tertiary/aromatic N) is 2. The Kier molecular flexibility index (Phi) is 4.68. The average Bonchev–Trinajstić information content (AvgIpc) is 2.61. The molecular weight excluding hydrogens is 222 g/mol. The fourth-order valence-electron chi connectivity index (χ4n) is 1.35. The van der Waals surface area contributed by atoms with Crippen LogP contribution in [0.2, 0.25) is 0 Å². The van der Waals surface area contributed by atoms with E-state index in [9.17, 15) is 9.59 Å². The van der Waals surface area contributed by atoms with E-state index in [1.807, 2.05) is 0 Å². The minimum absolute atomic E-state index is 0.0231. The molecule has 0 unspecified atom stereocenters. The van der Waals surface area contributed by atoms with Gasteiger partial charge in [-0.1, -0.05) is 13.8 Å². The second kappa shape index (κ2) is 6.03. The Labute approximate surface area is 99.6 Å². The number of hydrogen-bond donors (Lipinski definition) is 2. The minimum Gasteiger partial charge on any atom is -0.481 e. The van der Waals surface area contributed by atoms with Crippen molar-refractivity contribution >= 4 is 17.6 Å². The Morgan fingerprint density at radius 1 is 1.47 bits per heavy atom. The number of aromatic nitrogens is 2. The first-order valence-corrected chi connectivity index (χ1v) is 5.51. The number of carbonyl (C=O) groups excluding carboxylic acids is 1. The van der Waals surface area contributed by atoms with Gasteiger partial charge in [0.25, 0.3) is 0 Å². The number of amides is 1. The van der Waals surface area contributed by atoms with Gasteiger partial charge in [0, 0.05) is 19.2 Å². The number of nitrogens with one attached hydrogen (secondary N) is 1. The van der Waals surface area contributed by atoms with Gasteiger partial charge in [-0.15, -0.1) is 0 Å². The summed E-state index contributed by atoms with van der Waals surface area (Å²) < 4.78 is 1.75. The lowest BCUT2D eigenvalue weighted by molar-refractivity contribution is -0.138. The highest BCUT2D eigenvalue weighted by atomic mass is 16.4. The van der Waals surface area contributed by atoms with E-state index in [4.69, 9.17) is 5.11 Å². The molecule has 1 aromatic heterocycles. The zero-order valence-corrected chi connectivity index (χ0v) is 10.0. The molecule has 2 N–H and O–H groups in total. The van der Waals surface area contributed by atoms with E-state index in [1.54, 1.807) is 17.1 Å². The van der Waals surface area contributed by atoms with Crippen molar-refractivity contribution < 1.29 is 14.7 Å². The molecule has 1 aromatic rings. The van der Waals surface area contributed by atoms with Crippen LogP contribution in [0, 0.1) is 5.92 Å². The molecule has 0 aromatic carbocycles. The molecule has 0 radical (unpaired) electrons. The molecule has 1 heterocycles. The lowest BCUT2D eigenvalue weighted by atomic mass is 10.2. The van der Waals surface area contributed by atoms with Gasteiger partial charge in [-0.2, -0.15) is 5.10 Å². The van der Waals surface area contributed by atoms with Gasteiger partial charge in [0.2, 0.25) is 5.91 Å². The summed E-state index contributed by atoms with van der Waals surface area (Å²) in [4.78, 5) is 21.6. The average molecular weight is 239 g/mol. The largest absolute Gasteiger partial charge is 0.481 e. The van der Waals surface area contributed by atoms with Gasteiger partial charge in [0.05, 0.1) is 18.3 Å². The second-order valence-electron chi connectivity index (χ2n) is 4.29. The third-order valence-corrected chi connectivity index (χ3v) is 2.04. The number of carbonyl (C=O) groups is 2. The number of hydrogen-bond acceptors (Lipinski definition) is 3. The van der Waals surface area contributed by atoms with Crippen molar-refractivity contribution in [2.75, 3.05) is 5.32 Å². The van der Waals surface area contributed by atoms with Crippen LogP contribution in [0.25, 0.3) is 0 Å². The smallest absolute Gasteiger partial charge is 0.303 e. The molecule has 1 rings (SSSR count). The molecule has 1 amide bonds. The van der Waals surface area contributed by atoms with Crippen molar-refractivity contribution in [1.82, 2.24) is 9.78 Å². The van der Waals surface area contributed by atoms with Crippen molar-refractivity contribution in [3.63, 3.8) is 0 Å². The maximum Gasteiger partial charge on any atom is 0.303 e. The number of aliphatic carboxylic acids is 1. The standard InChI is InChI=1S/C11H17N3O3/c1-8(2)6-14-7-9(5-12-14)13-10(15)3-4-11(16)17/h5,7-8H,3-4,6H2,1-2H3,(H,13,15)(H,16,17). The van der Waals surface area contributed by atoms with Crippen molar-refractivity contribution in [2.45, 2.75) is 33.2 Å². The molecular formula is C11H17N3O3. The number of carboxylic acids is 1. The van der Waals surface area contributed by atoms with Crippen LogP contribution < -0.4 is 5.32 Å². The summed E-state index contributed by atoms with van der Waals surface area (Å²) in [6.45, 7) is 4.94. The Morgan fingerprint density at radius 2 is 2.18 bits per heavy atom. The van der Waals surface area contributed by atoms with Crippen LogP contribution in [-0.2, 0) is 16.1 Å². The van der Waals surface area contributed by atoms with E-state index in [1.165, 1.54) is 0 Å². The van der Waals surface area contributed by atoms with Crippen LogP contribution in [0.5, 0.6) is 0 Å². The summed E-state index contributed by atoms with van der Waals surface area (Å²) in [5, 5.41) is 15.1. The number of carboxylic acid groups (broad SMARTS) is 1. The molecule has 0 bridgehead atoms. The monoisotopic (exact) mass is 239 g/mol.